The van der Waals surface area contributed by atoms with E-state index in [4.69, 9.17) is 4.74 Å². The van der Waals surface area contributed by atoms with Gasteiger partial charge in [0.2, 0.25) is 5.91 Å². The first-order valence-corrected chi connectivity index (χ1v) is 7.39. The molecule has 0 radical (unpaired) electrons. The molecule has 116 valence electrons. The standard InChI is InChI=1S/C16H24N2O3/c1-12-5-3-4-6-15(12)13(2)17-16(20)9-18-7-8-21-11-14(18)10-19/h3-6,13-14,19H,7-11H2,1-2H3,(H,17,20). The van der Waals surface area contributed by atoms with Crippen LogP contribution in [0.1, 0.15) is 24.1 Å². The second-order valence-electron chi connectivity index (χ2n) is 5.53. The van der Waals surface area contributed by atoms with Crippen LogP contribution in [0, 0.1) is 6.92 Å². The van der Waals surface area contributed by atoms with Crippen LogP contribution in [0.3, 0.4) is 0 Å². The molecule has 21 heavy (non-hydrogen) atoms. The maximum atomic E-state index is 12.2. The minimum atomic E-state index is -0.0849. The Morgan fingerprint density at radius 1 is 1.52 bits per heavy atom. The van der Waals surface area contributed by atoms with E-state index >= 15 is 0 Å². The summed E-state index contributed by atoms with van der Waals surface area (Å²) in [6.45, 7) is 6.11. The Bertz CT molecular complexity index is 478. The van der Waals surface area contributed by atoms with E-state index in [0.29, 0.717) is 26.3 Å². The van der Waals surface area contributed by atoms with Crippen LogP contribution in [0.25, 0.3) is 0 Å². The summed E-state index contributed by atoms with van der Waals surface area (Å²) >= 11 is 0. The summed E-state index contributed by atoms with van der Waals surface area (Å²) in [5.41, 5.74) is 2.30. The molecule has 1 amide bonds. The lowest BCUT2D eigenvalue weighted by Gasteiger charge is -2.34. The summed E-state index contributed by atoms with van der Waals surface area (Å²) in [7, 11) is 0. The van der Waals surface area contributed by atoms with Crippen molar-refractivity contribution < 1.29 is 14.6 Å². The molecule has 0 aromatic heterocycles. The van der Waals surface area contributed by atoms with Gasteiger partial charge in [0.25, 0.3) is 0 Å². The molecule has 0 spiro atoms. The molecule has 2 rings (SSSR count). The summed E-state index contributed by atoms with van der Waals surface area (Å²) < 4.78 is 5.32. The number of rotatable bonds is 5. The van der Waals surface area contributed by atoms with E-state index < -0.39 is 0 Å². The van der Waals surface area contributed by atoms with Crippen LogP contribution in [0.5, 0.6) is 0 Å². The van der Waals surface area contributed by atoms with E-state index in [2.05, 4.69) is 5.32 Å². The molecule has 0 bridgehead atoms. The van der Waals surface area contributed by atoms with Crippen molar-refractivity contribution in [2.24, 2.45) is 0 Å². The Morgan fingerprint density at radius 2 is 2.29 bits per heavy atom. The van der Waals surface area contributed by atoms with Crippen LogP contribution in [0.2, 0.25) is 0 Å². The third-order valence-electron chi connectivity index (χ3n) is 3.94. The molecule has 1 fully saturated rings. The zero-order valence-corrected chi connectivity index (χ0v) is 12.7. The fraction of sp³-hybridized carbons (Fsp3) is 0.562. The van der Waals surface area contributed by atoms with Crippen LogP contribution >= 0.6 is 0 Å². The molecule has 1 aromatic carbocycles. The molecule has 5 heteroatoms. The predicted molar refractivity (Wildman–Crippen MR) is 81.0 cm³/mol. The quantitative estimate of drug-likeness (QED) is 0.845. The molecule has 2 N–H and O–H groups in total. The Balaban J connectivity index is 1.90. The number of hydrogen-bond donors (Lipinski definition) is 2. The zero-order chi connectivity index (χ0) is 15.2. The molecule has 2 unspecified atom stereocenters. The van der Waals surface area contributed by atoms with Gasteiger partial charge in [-0.25, -0.2) is 0 Å². The number of amides is 1. The van der Waals surface area contributed by atoms with Gasteiger partial charge in [0.05, 0.1) is 38.4 Å². The highest BCUT2D eigenvalue weighted by atomic mass is 16.5. The number of morpholine rings is 1. The van der Waals surface area contributed by atoms with Crippen molar-refractivity contribution in [1.29, 1.82) is 0 Å². The number of ether oxygens (including phenoxy) is 1. The lowest BCUT2D eigenvalue weighted by Crippen LogP contribution is -2.51. The Hall–Kier alpha value is -1.43. The summed E-state index contributed by atoms with van der Waals surface area (Å²) in [6.07, 6.45) is 0. The molecule has 0 saturated carbocycles. The van der Waals surface area contributed by atoms with Gasteiger partial charge in [-0.3, -0.25) is 9.69 Å². The van der Waals surface area contributed by atoms with Crippen molar-refractivity contribution in [1.82, 2.24) is 10.2 Å². The number of nitrogens with zero attached hydrogens (tertiary/aromatic N) is 1. The van der Waals surface area contributed by atoms with E-state index in [1.54, 1.807) is 0 Å². The number of aliphatic hydroxyl groups excluding tert-OH is 1. The molecule has 1 saturated heterocycles. The largest absolute Gasteiger partial charge is 0.395 e. The van der Waals surface area contributed by atoms with Gasteiger partial charge in [-0.2, -0.15) is 0 Å². The molecular formula is C16H24N2O3. The summed E-state index contributed by atoms with van der Waals surface area (Å²) in [4.78, 5) is 14.2. The van der Waals surface area contributed by atoms with Gasteiger partial charge in [0.15, 0.2) is 0 Å². The number of carbonyl (C=O) groups excluding carboxylic acids is 1. The number of benzene rings is 1. The first-order valence-electron chi connectivity index (χ1n) is 7.39. The minimum absolute atomic E-state index is 0.0145. The summed E-state index contributed by atoms with van der Waals surface area (Å²) in [5.74, 6) is -0.0221. The van der Waals surface area contributed by atoms with Crippen molar-refractivity contribution in [3.8, 4) is 0 Å². The topological polar surface area (TPSA) is 61.8 Å². The average molecular weight is 292 g/mol. The molecule has 1 heterocycles. The van der Waals surface area contributed by atoms with Crippen LogP contribution in [-0.2, 0) is 9.53 Å². The van der Waals surface area contributed by atoms with Gasteiger partial charge in [-0.1, -0.05) is 24.3 Å². The smallest absolute Gasteiger partial charge is 0.234 e. The van der Waals surface area contributed by atoms with E-state index in [0.717, 1.165) is 5.56 Å². The summed E-state index contributed by atoms with van der Waals surface area (Å²) in [5, 5.41) is 12.3. The molecule has 5 nitrogen and oxygen atoms in total. The Morgan fingerprint density at radius 3 is 3.00 bits per heavy atom. The Labute approximate surface area is 125 Å². The fourth-order valence-corrected chi connectivity index (χ4v) is 2.69. The van der Waals surface area contributed by atoms with E-state index in [1.165, 1.54) is 5.56 Å². The molecule has 1 aliphatic rings. The van der Waals surface area contributed by atoms with Crippen molar-refractivity contribution in [3.63, 3.8) is 0 Å². The predicted octanol–water partition coefficient (Wildman–Crippen LogP) is 0.865. The molecular weight excluding hydrogens is 268 g/mol. The van der Waals surface area contributed by atoms with Gasteiger partial charge >= 0.3 is 0 Å². The lowest BCUT2D eigenvalue weighted by atomic mass is 10.0. The van der Waals surface area contributed by atoms with Crippen LogP contribution < -0.4 is 5.32 Å². The number of hydrogen-bond acceptors (Lipinski definition) is 4. The average Bonchev–Trinajstić information content (AvgIpc) is 2.48. The maximum Gasteiger partial charge on any atom is 0.234 e. The second-order valence-corrected chi connectivity index (χ2v) is 5.53. The number of aryl methyl sites for hydroxylation is 1. The fourth-order valence-electron chi connectivity index (χ4n) is 2.69. The van der Waals surface area contributed by atoms with Crippen molar-refractivity contribution in [2.45, 2.75) is 25.9 Å². The van der Waals surface area contributed by atoms with Gasteiger partial charge < -0.3 is 15.2 Å². The molecule has 0 aliphatic carbocycles. The normalized spacial score (nSPS) is 21.0. The highest BCUT2D eigenvalue weighted by molar-refractivity contribution is 5.78. The minimum Gasteiger partial charge on any atom is -0.395 e. The maximum absolute atomic E-state index is 12.2. The van der Waals surface area contributed by atoms with Gasteiger partial charge in [-0.15, -0.1) is 0 Å². The highest BCUT2D eigenvalue weighted by Crippen LogP contribution is 2.16. The third-order valence-corrected chi connectivity index (χ3v) is 3.94. The Kier molecular flexibility index (Phi) is 5.73. The van der Waals surface area contributed by atoms with Crippen LogP contribution in [-0.4, -0.2) is 54.9 Å². The first kappa shape index (κ1) is 15.9. The number of nitrogens with one attached hydrogen (secondary N) is 1. The highest BCUT2D eigenvalue weighted by Gasteiger charge is 2.24. The van der Waals surface area contributed by atoms with Crippen LogP contribution in [0.15, 0.2) is 24.3 Å². The van der Waals surface area contributed by atoms with E-state index in [1.807, 2.05) is 43.0 Å². The zero-order valence-electron chi connectivity index (χ0n) is 12.7. The molecule has 2 atom stereocenters. The number of carbonyl (C=O) groups is 1. The third kappa shape index (κ3) is 4.27. The monoisotopic (exact) mass is 292 g/mol. The van der Waals surface area contributed by atoms with E-state index in [-0.39, 0.29) is 24.6 Å². The molecule has 1 aliphatic heterocycles. The van der Waals surface area contributed by atoms with Gasteiger partial charge in [0, 0.05) is 6.54 Å². The number of aliphatic hydroxyl groups is 1. The van der Waals surface area contributed by atoms with Crippen LogP contribution in [0.4, 0.5) is 0 Å². The first-order chi connectivity index (χ1) is 10.1. The van der Waals surface area contributed by atoms with Gasteiger partial charge in [0.1, 0.15) is 0 Å². The van der Waals surface area contributed by atoms with Crippen molar-refractivity contribution in [3.05, 3.63) is 35.4 Å². The van der Waals surface area contributed by atoms with Crippen molar-refractivity contribution in [2.75, 3.05) is 32.9 Å². The van der Waals surface area contributed by atoms with Crippen molar-refractivity contribution >= 4 is 5.91 Å². The molecule has 1 aromatic rings. The van der Waals surface area contributed by atoms with E-state index in [9.17, 15) is 9.90 Å². The summed E-state index contributed by atoms with van der Waals surface area (Å²) in [6, 6.07) is 7.94. The lowest BCUT2D eigenvalue weighted by molar-refractivity contribution is -0.125. The van der Waals surface area contributed by atoms with Gasteiger partial charge in [-0.05, 0) is 25.0 Å². The second kappa shape index (κ2) is 7.54. The SMILES string of the molecule is Cc1ccccc1C(C)NC(=O)CN1CCOCC1CO.